The molecule has 36 nitrogen and oxygen atoms in total. The molecule has 119 heavy (non-hydrogen) atoms. The highest BCUT2D eigenvalue weighted by atomic mass is 35.5. The van der Waals surface area contributed by atoms with E-state index in [1.54, 1.807) is 13.8 Å². The molecule has 2 fully saturated rings. The second kappa shape index (κ2) is 41.3. The number of carbonyl (C=O) groups is 8. The lowest BCUT2D eigenvalue weighted by atomic mass is 9.85. The van der Waals surface area contributed by atoms with Crippen LogP contribution in [0.3, 0.4) is 0 Å². The van der Waals surface area contributed by atoms with E-state index in [0.717, 1.165) is 86.5 Å². The van der Waals surface area contributed by atoms with E-state index in [1.807, 2.05) is 13.8 Å². The number of nitrogens with one attached hydrogen (secondary N) is 10. The van der Waals surface area contributed by atoms with E-state index in [-0.39, 0.29) is 58.3 Å². The second-order valence-corrected chi connectivity index (χ2v) is 31.8. The van der Waals surface area contributed by atoms with Crippen LogP contribution in [0.4, 0.5) is 0 Å². The molecule has 650 valence electrons. The van der Waals surface area contributed by atoms with Crippen molar-refractivity contribution in [1.82, 2.24) is 53.2 Å². The molecular formula is C81H107Cl2N11O25. The lowest BCUT2D eigenvalue weighted by Gasteiger charge is -2.48. The molecule has 7 heterocycles. The third-order valence-electron chi connectivity index (χ3n) is 21.6. The van der Waals surface area contributed by atoms with Crippen molar-refractivity contribution in [3.63, 3.8) is 0 Å². The smallest absolute Gasteiger partial charge is 0.330 e. The van der Waals surface area contributed by atoms with Crippen molar-refractivity contribution < 1.29 is 123 Å². The number of phenols is 3. The maximum Gasteiger partial charge on any atom is 0.330 e. The number of aliphatic hydroxyl groups excluding tert-OH is 7. The fourth-order valence-electron chi connectivity index (χ4n) is 15.1. The number of phenolic OH excluding ortho intramolecular Hbond substituents is 3. The van der Waals surface area contributed by atoms with E-state index >= 15 is 24.0 Å². The molecule has 0 aliphatic carbocycles. The summed E-state index contributed by atoms with van der Waals surface area (Å²) in [5.41, 5.74) is 1.33. The number of carboxylic acid groups (broad SMARTS) is 1. The fraction of sp³-hybridized carbons (Fsp3) is 0.531. The molecule has 12 rings (SSSR count). The number of hydrogen-bond acceptors (Lipinski definition) is 28. The highest BCUT2D eigenvalue weighted by Crippen LogP contribution is 2.51. The van der Waals surface area contributed by atoms with Crippen molar-refractivity contribution >= 4 is 70.5 Å². The van der Waals surface area contributed by atoms with Crippen LogP contribution in [0.1, 0.15) is 169 Å². The predicted molar refractivity (Wildman–Crippen MR) is 427 cm³/mol. The van der Waals surface area contributed by atoms with Gasteiger partial charge in [0.2, 0.25) is 53.4 Å². The number of amides is 7. The number of rotatable bonds is 30. The van der Waals surface area contributed by atoms with E-state index in [4.69, 9.17) is 57.4 Å². The van der Waals surface area contributed by atoms with Crippen molar-refractivity contribution in [3.8, 4) is 57.1 Å². The van der Waals surface area contributed by atoms with Crippen LogP contribution in [0.15, 0.2) is 72.8 Å². The highest BCUT2D eigenvalue weighted by Gasteiger charge is 2.52. The van der Waals surface area contributed by atoms with Gasteiger partial charge in [-0.1, -0.05) is 107 Å². The van der Waals surface area contributed by atoms with Gasteiger partial charge in [0.1, 0.15) is 89.5 Å². The number of unbranched alkanes of at least 4 members (excludes halogenated alkanes) is 7. The number of likely N-dealkylation sites (N-methyl/N-ethyl adjacent to an activating group) is 1. The van der Waals surface area contributed by atoms with Crippen LogP contribution in [0, 0.1) is 5.92 Å². The monoisotopic (exact) mass is 1700 g/mol. The Kier molecular flexibility index (Phi) is 31.9. The summed E-state index contributed by atoms with van der Waals surface area (Å²) in [5, 5.41) is 154. The first-order valence-electron chi connectivity index (χ1n) is 39.6. The molecule has 38 heteroatoms. The van der Waals surface area contributed by atoms with Gasteiger partial charge in [-0.05, 0) is 123 Å². The van der Waals surface area contributed by atoms with Crippen LogP contribution < -0.4 is 73.1 Å². The van der Waals surface area contributed by atoms with Crippen LogP contribution in [-0.2, 0) is 59.1 Å². The van der Waals surface area contributed by atoms with Gasteiger partial charge in [-0.15, -0.1) is 0 Å². The number of ether oxygens (including phenoxy) is 6. The van der Waals surface area contributed by atoms with Gasteiger partial charge < -0.3 is 143 Å². The number of aliphatic carboxylic acids is 1. The van der Waals surface area contributed by atoms with Gasteiger partial charge in [0.05, 0.1) is 53.5 Å². The van der Waals surface area contributed by atoms with Crippen LogP contribution >= 0.6 is 23.2 Å². The summed E-state index contributed by atoms with van der Waals surface area (Å²) >= 11 is 14.3. The number of benzene rings is 5. The number of carboxylic acids is 1. The van der Waals surface area contributed by atoms with Crippen LogP contribution in [0.5, 0.6) is 46.0 Å². The molecule has 0 unspecified atom stereocenters. The summed E-state index contributed by atoms with van der Waals surface area (Å²) in [5.74, 6) is -16.2. The van der Waals surface area contributed by atoms with E-state index < -0.39 is 250 Å². The largest absolute Gasteiger partial charge is 0.507 e. The molecule has 23 N–H and O–H groups in total. The van der Waals surface area contributed by atoms with Gasteiger partial charge in [-0.2, -0.15) is 0 Å². The maximum atomic E-state index is 16.3. The lowest BCUT2D eigenvalue weighted by molar-refractivity contribution is -0.334. The molecule has 0 aromatic heterocycles. The number of fused-ring (bicyclic) bond motifs is 15. The molecule has 5 aromatic rings. The summed E-state index contributed by atoms with van der Waals surface area (Å²) in [4.78, 5) is 119. The zero-order valence-corrected chi connectivity index (χ0v) is 68.0. The number of halogens is 2. The van der Waals surface area contributed by atoms with Crippen LogP contribution in [-0.4, -0.2) is 229 Å². The third-order valence-corrected chi connectivity index (χ3v) is 22.2. The first kappa shape index (κ1) is 92.0. The molecule has 5 aromatic carbocycles. The van der Waals surface area contributed by atoms with Gasteiger partial charge >= 0.3 is 5.97 Å². The zero-order chi connectivity index (χ0) is 86.4. The minimum Gasteiger partial charge on any atom is -0.507 e. The quantitative estimate of drug-likeness (QED) is 0.0294. The Morgan fingerprint density at radius 2 is 1.29 bits per heavy atom. The number of hydrogen-bond donors (Lipinski definition) is 22. The first-order chi connectivity index (χ1) is 56.7. The van der Waals surface area contributed by atoms with E-state index in [1.165, 1.54) is 51.3 Å². The molecular weight excluding hydrogens is 1600 g/mol. The number of nitrogens with two attached hydrogens (primary N) is 1. The van der Waals surface area contributed by atoms with E-state index in [9.17, 15) is 70.6 Å². The predicted octanol–water partition coefficient (Wildman–Crippen LogP) is 2.55. The molecule has 7 aliphatic heterocycles. The van der Waals surface area contributed by atoms with Gasteiger partial charge in [0, 0.05) is 54.8 Å². The van der Waals surface area contributed by atoms with Crippen molar-refractivity contribution in [2.75, 3.05) is 46.4 Å². The summed E-state index contributed by atoms with van der Waals surface area (Å²) in [6.45, 7) is 8.91. The molecule has 18 atom stereocenters. The fourth-order valence-corrected chi connectivity index (χ4v) is 15.6. The number of aromatic hydroxyl groups is 3. The van der Waals surface area contributed by atoms with Crippen LogP contribution in [0.25, 0.3) is 11.1 Å². The normalized spacial score (nSPS) is 26.8. The topological polar surface area (TPSA) is 561 Å². The van der Waals surface area contributed by atoms with E-state index in [2.05, 4.69) is 60.1 Å². The number of carbonyl (C=O) groups excluding carboxylic acids is 7. The molecule has 0 spiro atoms. The molecule has 7 amide bonds. The zero-order valence-electron chi connectivity index (χ0n) is 66.5. The Bertz CT molecular complexity index is 4470. The van der Waals surface area contributed by atoms with E-state index in [0.29, 0.717) is 13.1 Å². The Balaban J connectivity index is 1.17. The van der Waals surface area contributed by atoms with Gasteiger partial charge in [-0.3, -0.25) is 33.6 Å². The minimum atomic E-state index is -2.38. The average molecular weight is 1710 g/mol. The number of aliphatic hydroxyl groups is 7. The standard InChI is InChI=1S/C81H107Cl2N11O25/c1-7-8-9-10-11-12-13-14-21-86-22-23-88-81(5)34-58(114-38(4)72(81)105)118-71-69(104)68(103)56(36-96)117-80(71)119-70-54-30-42-31-55(70)116-53-20-17-41(29-47(53)83)66(101)64-78(111)92-62(79(112)113)44-32-51(98)45(35-87-24-25-95)67(102)59(44)43-27-39(15-18-50(43)97)60(75(108)94-64)91-76(109)61(42)90-74(107)49(33-57(84)99)89-77(110)63(93-73(106)48(85-6)26-37(2)3)65(100)40-16-19-52(115-54)46(82)28-40/h15-20,27-32,37-38,48-49,56,58,60-66,68-69,71-72,80,85-88,95-98,100-105H,7-14,21-26,33-36H2,1-6H3,(H2,84,99)(H,89,110)(H,90,107)(H,91,109)(H,92,111)(H,93,106)(H,94,108)(H,112,113)/t38-,48+,49-,56+,58-,60+,61+,62-,63+,64-,65+,66+,68+,69-,71+,72+,80-,81-/m0/s1. The second-order valence-electron chi connectivity index (χ2n) is 30.9. The van der Waals surface area contributed by atoms with Gasteiger partial charge in [0.25, 0.3) is 0 Å². The molecule has 2 saturated heterocycles. The van der Waals surface area contributed by atoms with Gasteiger partial charge in [-0.25, -0.2) is 4.79 Å². The molecule has 11 bridgehead atoms. The Morgan fingerprint density at radius 3 is 1.91 bits per heavy atom. The lowest BCUT2D eigenvalue weighted by Crippen LogP contribution is -2.65. The van der Waals surface area contributed by atoms with Crippen molar-refractivity contribution in [2.24, 2.45) is 11.7 Å². The highest BCUT2D eigenvalue weighted by molar-refractivity contribution is 6.32. The summed E-state index contributed by atoms with van der Waals surface area (Å²) < 4.78 is 39.5. The summed E-state index contributed by atoms with van der Waals surface area (Å²) in [6.07, 6.45) is -9.21. The third kappa shape index (κ3) is 22.1. The Hall–Kier alpha value is -9.32. The number of primary amides is 1. The van der Waals surface area contributed by atoms with Crippen molar-refractivity contribution in [1.29, 1.82) is 0 Å². The SMILES string of the molecule is CCCCCCCCCCNCCN[C@@]1(C)C[C@H](O[C@H]2[C@H](Oc3c4cc5cc3Oc3ccc(cc3Cl)[C@@H](O)[C@@H](NC(=O)[C@@H](CC(C)C)NC)C(=O)N[C@@H](CC(N)=O)C(=O)N[C@H]5C(=O)N[C@H]3C(=O)N[C@H](C(=O)N[C@H](C(=O)O)c5cc(O)c(CNCCO)c(O)c5-c5cc3ccc5O)[C@H](O)c3ccc(c(Cl)c3)O4)O[C@H](CO)[C@@H](O)[C@@H]2O)O[C@@H](C)[C@H]1O. The summed E-state index contributed by atoms with van der Waals surface area (Å²) in [7, 11) is 1.48. The molecule has 0 saturated carbocycles. The average Bonchev–Trinajstić information content (AvgIpc) is 0.758. The maximum absolute atomic E-state index is 16.3. The summed E-state index contributed by atoms with van der Waals surface area (Å²) in [6, 6.07) is -1.53. The molecule has 7 aliphatic rings. The minimum absolute atomic E-state index is 0.0996. The Morgan fingerprint density at radius 1 is 0.672 bits per heavy atom. The van der Waals surface area contributed by atoms with Crippen molar-refractivity contribution in [3.05, 3.63) is 116 Å². The van der Waals surface area contributed by atoms with Gasteiger partial charge in [0.15, 0.2) is 29.9 Å². The first-order valence-corrected chi connectivity index (χ1v) is 40.4. The van der Waals surface area contributed by atoms with Crippen molar-refractivity contribution in [2.45, 2.75) is 221 Å². The van der Waals surface area contributed by atoms with Crippen LogP contribution in [0.2, 0.25) is 10.0 Å². The molecule has 0 radical (unpaired) electrons. The Labute approximate surface area is 695 Å².